The molecule has 0 spiro atoms. The summed E-state index contributed by atoms with van der Waals surface area (Å²) < 4.78 is 11.6. The highest BCUT2D eigenvalue weighted by Gasteiger charge is 2.41. The number of ether oxygens (including phenoxy) is 2. The van der Waals surface area contributed by atoms with Crippen LogP contribution in [0.3, 0.4) is 0 Å². The maximum Gasteiger partial charge on any atom is 0.0980 e. The number of likely N-dealkylation sites (tertiary alicyclic amines) is 1. The van der Waals surface area contributed by atoms with Crippen LogP contribution in [0.2, 0.25) is 0 Å². The fourth-order valence-electron chi connectivity index (χ4n) is 2.18. The fraction of sp³-hybridized carbons (Fsp3) is 1.00. The van der Waals surface area contributed by atoms with E-state index in [4.69, 9.17) is 9.47 Å². The number of rotatable bonds is 0. The summed E-state index contributed by atoms with van der Waals surface area (Å²) in [7, 11) is 0. The van der Waals surface area contributed by atoms with Crippen LogP contribution >= 0.6 is 0 Å². The Balaban J connectivity index is 1.99. The van der Waals surface area contributed by atoms with Gasteiger partial charge in [-0.3, -0.25) is 4.90 Å². The lowest BCUT2D eigenvalue weighted by atomic mass is 10.1. The molecular formula is C11H21NO2. The maximum absolute atomic E-state index is 5.87. The van der Waals surface area contributed by atoms with Gasteiger partial charge in [-0.05, 0) is 27.7 Å². The Morgan fingerprint density at radius 3 is 2.43 bits per heavy atom. The third-order valence-corrected chi connectivity index (χ3v) is 3.12. The van der Waals surface area contributed by atoms with Crippen LogP contribution in [0.1, 0.15) is 27.7 Å². The molecule has 82 valence electrons. The molecule has 3 heteroatoms. The van der Waals surface area contributed by atoms with Gasteiger partial charge in [0.2, 0.25) is 0 Å². The van der Waals surface area contributed by atoms with Gasteiger partial charge in [0.05, 0.1) is 24.9 Å². The van der Waals surface area contributed by atoms with E-state index in [9.17, 15) is 0 Å². The molecule has 0 aromatic heterocycles. The van der Waals surface area contributed by atoms with Gasteiger partial charge < -0.3 is 9.47 Å². The second kappa shape index (κ2) is 3.47. The quantitative estimate of drug-likeness (QED) is 0.586. The maximum atomic E-state index is 5.87. The summed E-state index contributed by atoms with van der Waals surface area (Å²) in [5.74, 6) is 0. The molecule has 14 heavy (non-hydrogen) atoms. The molecule has 0 amide bonds. The van der Waals surface area contributed by atoms with E-state index >= 15 is 0 Å². The molecular weight excluding hydrogens is 178 g/mol. The first-order chi connectivity index (χ1) is 6.47. The number of nitrogens with zero attached hydrogens (tertiary/aromatic N) is 1. The van der Waals surface area contributed by atoms with E-state index in [1.54, 1.807) is 0 Å². The molecule has 3 atom stereocenters. The van der Waals surface area contributed by atoms with Gasteiger partial charge >= 0.3 is 0 Å². The largest absolute Gasteiger partial charge is 0.371 e. The van der Waals surface area contributed by atoms with Crippen molar-refractivity contribution in [3.63, 3.8) is 0 Å². The van der Waals surface area contributed by atoms with Crippen molar-refractivity contribution in [1.29, 1.82) is 0 Å². The Kier molecular flexibility index (Phi) is 2.58. The predicted molar refractivity (Wildman–Crippen MR) is 55.4 cm³/mol. The van der Waals surface area contributed by atoms with Crippen molar-refractivity contribution in [1.82, 2.24) is 4.90 Å². The van der Waals surface area contributed by atoms with Gasteiger partial charge in [-0.15, -0.1) is 0 Å². The molecule has 2 saturated heterocycles. The van der Waals surface area contributed by atoms with Crippen molar-refractivity contribution >= 4 is 0 Å². The Hall–Kier alpha value is -0.120. The topological polar surface area (TPSA) is 21.7 Å². The van der Waals surface area contributed by atoms with Gasteiger partial charge in [-0.1, -0.05) is 0 Å². The lowest BCUT2D eigenvalue weighted by Crippen LogP contribution is -2.41. The molecule has 0 aromatic carbocycles. The minimum absolute atomic E-state index is 0.229. The zero-order valence-corrected chi connectivity index (χ0v) is 9.62. The highest BCUT2D eigenvalue weighted by atomic mass is 16.6. The van der Waals surface area contributed by atoms with Gasteiger partial charge in [0.15, 0.2) is 0 Å². The van der Waals surface area contributed by atoms with E-state index in [2.05, 4.69) is 32.6 Å². The summed E-state index contributed by atoms with van der Waals surface area (Å²) in [6, 6.07) is 0. The van der Waals surface area contributed by atoms with Gasteiger partial charge in [0, 0.05) is 18.6 Å². The number of hydrogen-bond donors (Lipinski definition) is 0. The minimum Gasteiger partial charge on any atom is -0.371 e. The number of hydrogen-bond acceptors (Lipinski definition) is 3. The van der Waals surface area contributed by atoms with Crippen LogP contribution in [0.15, 0.2) is 0 Å². The van der Waals surface area contributed by atoms with Crippen molar-refractivity contribution in [2.75, 3.05) is 19.7 Å². The first-order valence-electron chi connectivity index (χ1n) is 5.49. The summed E-state index contributed by atoms with van der Waals surface area (Å²) in [4.78, 5) is 2.44. The molecule has 3 nitrogen and oxygen atoms in total. The molecule has 2 aliphatic rings. The lowest BCUT2D eigenvalue weighted by molar-refractivity contribution is -0.153. The zero-order chi connectivity index (χ0) is 10.3. The highest BCUT2D eigenvalue weighted by molar-refractivity contribution is 4.93. The summed E-state index contributed by atoms with van der Waals surface area (Å²) in [5, 5.41) is 0. The van der Waals surface area contributed by atoms with Gasteiger partial charge in [-0.25, -0.2) is 0 Å². The smallest absolute Gasteiger partial charge is 0.0980 e. The first-order valence-corrected chi connectivity index (χ1v) is 5.49. The van der Waals surface area contributed by atoms with Crippen molar-refractivity contribution < 1.29 is 9.47 Å². The van der Waals surface area contributed by atoms with Crippen LogP contribution in [0.25, 0.3) is 0 Å². The summed E-state index contributed by atoms with van der Waals surface area (Å²) >= 11 is 0. The SMILES string of the molecule is CC1COC2CN(C(C)(C)C)CC2O1. The Morgan fingerprint density at radius 2 is 1.79 bits per heavy atom. The van der Waals surface area contributed by atoms with Crippen LogP contribution in [-0.4, -0.2) is 48.4 Å². The van der Waals surface area contributed by atoms with Crippen LogP contribution in [0.4, 0.5) is 0 Å². The van der Waals surface area contributed by atoms with Gasteiger partial charge in [0.1, 0.15) is 0 Å². The van der Waals surface area contributed by atoms with E-state index in [1.807, 2.05) is 0 Å². The monoisotopic (exact) mass is 199 g/mol. The molecule has 0 saturated carbocycles. The van der Waals surface area contributed by atoms with E-state index in [0.29, 0.717) is 6.10 Å². The van der Waals surface area contributed by atoms with Crippen LogP contribution < -0.4 is 0 Å². The second-order valence-corrected chi connectivity index (χ2v) is 5.43. The first kappa shape index (κ1) is 10.4. The lowest BCUT2D eigenvalue weighted by Gasteiger charge is -2.31. The van der Waals surface area contributed by atoms with E-state index in [-0.39, 0.29) is 17.7 Å². The third-order valence-electron chi connectivity index (χ3n) is 3.12. The fourth-order valence-corrected chi connectivity index (χ4v) is 2.18. The Bertz CT molecular complexity index is 212. The van der Waals surface area contributed by atoms with Crippen LogP contribution in [0, 0.1) is 0 Å². The third kappa shape index (κ3) is 1.95. The van der Waals surface area contributed by atoms with Crippen molar-refractivity contribution in [2.24, 2.45) is 0 Å². The molecule has 0 bridgehead atoms. The van der Waals surface area contributed by atoms with Crippen LogP contribution in [0.5, 0.6) is 0 Å². The summed E-state index contributed by atoms with van der Waals surface area (Å²) in [5.41, 5.74) is 0.229. The van der Waals surface area contributed by atoms with Gasteiger partial charge in [-0.2, -0.15) is 0 Å². The molecule has 2 fully saturated rings. The molecule has 2 heterocycles. The molecule has 3 unspecified atom stereocenters. The standard InChI is InChI=1S/C11H21NO2/c1-8-7-13-9-5-12(11(2,3)4)6-10(9)14-8/h8-10H,5-7H2,1-4H3. The highest BCUT2D eigenvalue weighted by Crippen LogP contribution is 2.27. The molecule has 0 N–H and O–H groups in total. The molecule has 0 aromatic rings. The van der Waals surface area contributed by atoms with E-state index in [0.717, 1.165) is 19.7 Å². The average Bonchev–Trinajstić information content (AvgIpc) is 2.45. The zero-order valence-electron chi connectivity index (χ0n) is 9.62. The van der Waals surface area contributed by atoms with Crippen molar-refractivity contribution in [2.45, 2.75) is 51.5 Å². The summed E-state index contributed by atoms with van der Waals surface area (Å²) in [6.07, 6.45) is 0.847. The molecule has 0 radical (unpaired) electrons. The van der Waals surface area contributed by atoms with Crippen molar-refractivity contribution in [3.8, 4) is 0 Å². The predicted octanol–water partition coefficient (Wildman–Crippen LogP) is 1.27. The van der Waals surface area contributed by atoms with E-state index < -0.39 is 0 Å². The minimum atomic E-state index is 0.229. The van der Waals surface area contributed by atoms with E-state index in [1.165, 1.54) is 0 Å². The van der Waals surface area contributed by atoms with Gasteiger partial charge in [0.25, 0.3) is 0 Å². The molecule has 0 aliphatic carbocycles. The second-order valence-electron chi connectivity index (χ2n) is 5.43. The number of fused-ring (bicyclic) bond motifs is 1. The average molecular weight is 199 g/mol. The Morgan fingerprint density at radius 1 is 1.14 bits per heavy atom. The normalized spacial score (nSPS) is 39.9. The van der Waals surface area contributed by atoms with Crippen molar-refractivity contribution in [3.05, 3.63) is 0 Å². The van der Waals surface area contributed by atoms with Crippen LogP contribution in [-0.2, 0) is 9.47 Å². The Labute approximate surface area is 86.4 Å². The summed E-state index contributed by atoms with van der Waals surface area (Å²) in [6.45, 7) is 11.6. The molecule has 2 aliphatic heterocycles. The molecule has 2 rings (SSSR count).